The van der Waals surface area contributed by atoms with Gasteiger partial charge in [0.05, 0.1) is 0 Å². The number of nitrogens with zero attached hydrogens (tertiary/aromatic N) is 1. The van der Waals surface area contributed by atoms with Crippen LogP contribution in [0.1, 0.15) is 24.0 Å². The standard InChI is InChI=1S/C17H21F2NO4/c1-11-4-3-5-12(2)15(11)24-10-14(21)20-8-6-13(7-9-20)17(18,19)16(22)23/h3-5,13H,6-10H2,1-2H3,(H,22,23). The minimum atomic E-state index is -3.75. The van der Waals surface area contributed by atoms with Crippen LogP contribution >= 0.6 is 0 Å². The Balaban J connectivity index is 1.88. The molecule has 0 aliphatic carbocycles. The summed E-state index contributed by atoms with van der Waals surface area (Å²) >= 11 is 0. The molecule has 5 nitrogen and oxygen atoms in total. The second kappa shape index (κ2) is 7.15. The number of rotatable bonds is 5. The van der Waals surface area contributed by atoms with Crippen molar-refractivity contribution in [1.82, 2.24) is 4.90 Å². The zero-order valence-electron chi connectivity index (χ0n) is 13.7. The van der Waals surface area contributed by atoms with Crippen molar-refractivity contribution in [3.8, 4) is 5.75 Å². The lowest BCUT2D eigenvalue weighted by Gasteiger charge is -2.34. The first kappa shape index (κ1) is 18.2. The monoisotopic (exact) mass is 341 g/mol. The largest absolute Gasteiger partial charge is 0.483 e. The number of para-hydroxylation sites is 1. The number of piperidine rings is 1. The summed E-state index contributed by atoms with van der Waals surface area (Å²) in [5, 5.41) is 8.58. The molecule has 1 N–H and O–H groups in total. The molecular formula is C17H21F2NO4. The SMILES string of the molecule is Cc1cccc(C)c1OCC(=O)N1CCC(C(F)(F)C(=O)O)CC1. The lowest BCUT2D eigenvalue weighted by atomic mass is 9.90. The molecule has 1 fully saturated rings. The zero-order chi connectivity index (χ0) is 17.9. The molecule has 132 valence electrons. The summed E-state index contributed by atoms with van der Waals surface area (Å²) in [4.78, 5) is 24.2. The van der Waals surface area contributed by atoms with Gasteiger partial charge in [-0.3, -0.25) is 4.79 Å². The van der Waals surface area contributed by atoms with Crippen molar-refractivity contribution in [3.63, 3.8) is 0 Å². The molecule has 0 radical (unpaired) electrons. The highest BCUT2D eigenvalue weighted by molar-refractivity contribution is 5.78. The molecule has 1 heterocycles. The molecule has 1 aliphatic heterocycles. The highest BCUT2D eigenvalue weighted by atomic mass is 19.3. The fraction of sp³-hybridized carbons (Fsp3) is 0.529. The number of halogens is 2. The topological polar surface area (TPSA) is 66.8 Å². The number of carboxylic acids is 1. The number of carboxylic acid groups (broad SMARTS) is 1. The van der Waals surface area contributed by atoms with Crippen LogP contribution in [0.3, 0.4) is 0 Å². The Kier molecular flexibility index (Phi) is 5.41. The number of ether oxygens (including phenoxy) is 1. The lowest BCUT2D eigenvalue weighted by molar-refractivity contribution is -0.176. The summed E-state index contributed by atoms with van der Waals surface area (Å²) in [6, 6.07) is 5.66. The molecule has 1 amide bonds. The van der Waals surface area contributed by atoms with Crippen molar-refractivity contribution in [2.24, 2.45) is 5.92 Å². The number of likely N-dealkylation sites (tertiary alicyclic amines) is 1. The summed E-state index contributed by atoms with van der Waals surface area (Å²) in [6.45, 7) is 3.83. The fourth-order valence-corrected chi connectivity index (χ4v) is 2.92. The van der Waals surface area contributed by atoms with Gasteiger partial charge in [0, 0.05) is 19.0 Å². The molecule has 1 saturated heterocycles. The van der Waals surface area contributed by atoms with E-state index in [0.717, 1.165) is 11.1 Å². The van der Waals surface area contributed by atoms with Crippen molar-refractivity contribution in [2.75, 3.05) is 19.7 Å². The number of hydrogen-bond donors (Lipinski definition) is 1. The van der Waals surface area contributed by atoms with E-state index in [2.05, 4.69) is 0 Å². The molecule has 0 saturated carbocycles. The average Bonchev–Trinajstić information content (AvgIpc) is 2.54. The number of hydrogen-bond acceptors (Lipinski definition) is 3. The molecule has 1 aromatic carbocycles. The summed E-state index contributed by atoms with van der Waals surface area (Å²) in [6.07, 6.45) is -0.0666. The number of alkyl halides is 2. The van der Waals surface area contributed by atoms with Crippen LogP contribution in [0.2, 0.25) is 0 Å². The molecule has 2 rings (SSSR count). The van der Waals surface area contributed by atoms with E-state index in [1.54, 1.807) is 0 Å². The lowest BCUT2D eigenvalue weighted by Crippen LogP contribution is -2.47. The molecule has 1 aromatic rings. The van der Waals surface area contributed by atoms with Gasteiger partial charge in [0.25, 0.3) is 5.91 Å². The average molecular weight is 341 g/mol. The second-order valence-electron chi connectivity index (χ2n) is 6.09. The fourth-order valence-electron chi connectivity index (χ4n) is 2.92. The van der Waals surface area contributed by atoms with Gasteiger partial charge >= 0.3 is 11.9 Å². The molecule has 0 unspecified atom stereocenters. The van der Waals surface area contributed by atoms with Crippen LogP contribution in [0.5, 0.6) is 5.75 Å². The van der Waals surface area contributed by atoms with Gasteiger partial charge < -0.3 is 14.7 Å². The summed E-state index contributed by atoms with van der Waals surface area (Å²) in [7, 11) is 0. The second-order valence-corrected chi connectivity index (χ2v) is 6.09. The van der Waals surface area contributed by atoms with Gasteiger partial charge in [-0.15, -0.1) is 0 Å². The van der Waals surface area contributed by atoms with E-state index in [1.165, 1.54) is 4.90 Å². The minimum absolute atomic E-state index is 0.0333. The van der Waals surface area contributed by atoms with Crippen LogP contribution in [0.15, 0.2) is 18.2 Å². The Morgan fingerprint density at radius 1 is 1.25 bits per heavy atom. The molecule has 0 atom stereocenters. The Bertz CT molecular complexity index is 605. The van der Waals surface area contributed by atoms with Crippen molar-refractivity contribution < 1.29 is 28.2 Å². The van der Waals surface area contributed by atoms with Crippen LogP contribution in [0.25, 0.3) is 0 Å². The maximum atomic E-state index is 13.5. The Morgan fingerprint density at radius 3 is 2.29 bits per heavy atom. The molecule has 0 aromatic heterocycles. The van der Waals surface area contributed by atoms with E-state index in [4.69, 9.17) is 9.84 Å². The Morgan fingerprint density at radius 2 is 1.79 bits per heavy atom. The van der Waals surface area contributed by atoms with Crippen LogP contribution < -0.4 is 4.74 Å². The zero-order valence-corrected chi connectivity index (χ0v) is 13.7. The van der Waals surface area contributed by atoms with Gasteiger partial charge in [0.2, 0.25) is 0 Å². The number of aliphatic carboxylic acids is 1. The number of carbonyl (C=O) groups excluding carboxylic acids is 1. The van der Waals surface area contributed by atoms with E-state index in [9.17, 15) is 18.4 Å². The smallest absolute Gasteiger partial charge is 0.374 e. The predicted molar refractivity (Wildman–Crippen MR) is 83.3 cm³/mol. The van der Waals surface area contributed by atoms with E-state index >= 15 is 0 Å². The first-order valence-electron chi connectivity index (χ1n) is 7.81. The maximum Gasteiger partial charge on any atom is 0.374 e. The number of aryl methyl sites for hydroxylation is 2. The first-order chi connectivity index (χ1) is 11.2. The van der Waals surface area contributed by atoms with Crippen molar-refractivity contribution in [1.29, 1.82) is 0 Å². The Hall–Kier alpha value is -2.18. The van der Waals surface area contributed by atoms with Gasteiger partial charge in [0.1, 0.15) is 5.75 Å². The third-order valence-corrected chi connectivity index (χ3v) is 4.39. The van der Waals surface area contributed by atoms with Gasteiger partial charge in [0.15, 0.2) is 6.61 Å². The van der Waals surface area contributed by atoms with E-state index in [0.29, 0.717) is 5.75 Å². The van der Waals surface area contributed by atoms with Crippen LogP contribution in [-0.4, -0.2) is 47.5 Å². The maximum absolute atomic E-state index is 13.5. The van der Waals surface area contributed by atoms with Gasteiger partial charge in [-0.1, -0.05) is 18.2 Å². The number of amides is 1. The number of carbonyl (C=O) groups is 2. The predicted octanol–water partition coefficient (Wildman–Crippen LogP) is 2.64. The third kappa shape index (κ3) is 3.83. The summed E-state index contributed by atoms with van der Waals surface area (Å²) < 4.78 is 32.6. The Labute approximate surface area is 139 Å². The van der Waals surface area contributed by atoms with E-state index < -0.39 is 17.8 Å². The molecule has 7 heteroatoms. The van der Waals surface area contributed by atoms with Crippen molar-refractivity contribution in [3.05, 3.63) is 29.3 Å². The normalized spacial score (nSPS) is 16.1. The van der Waals surface area contributed by atoms with Gasteiger partial charge in [-0.25, -0.2) is 4.79 Å². The van der Waals surface area contributed by atoms with Crippen LogP contribution in [0, 0.1) is 19.8 Å². The van der Waals surface area contributed by atoms with Gasteiger partial charge in [-0.05, 0) is 37.8 Å². The van der Waals surface area contributed by atoms with E-state index in [-0.39, 0.29) is 38.4 Å². The van der Waals surface area contributed by atoms with E-state index in [1.807, 2.05) is 32.0 Å². The highest BCUT2D eigenvalue weighted by Crippen LogP contribution is 2.33. The molecular weight excluding hydrogens is 320 g/mol. The van der Waals surface area contributed by atoms with Crippen LogP contribution in [0.4, 0.5) is 8.78 Å². The summed E-state index contributed by atoms with van der Waals surface area (Å²) in [5.41, 5.74) is 1.84. The molecule has 1 aliphatic rings. The van der Waals surface area contributed by atoms with Crippen molar-refractivity contribution in [2.45, 2.75) is 32.6 Å². The highest BCUT2D eigenvalue weighted by Gasteiger charge is 2.48. The van der Waals surface area contributed by atoms with Crippen molar-refractivity contribution >= 4 is 11.9 Å². The number of benzene rings is 1. The minimum Gasteiger partial charge on any atom is -0.483 e. The quantitative estimate of drug-likeness (QED) is 0.894. The van der Waals surface area contributed by atoms with Gasteiger partial charge in [-0.2, -0.15) is 8.78 Å². The molecule has 0 spiro atoms. The third-order valence-electron chi connectivity index (χ3n) is 4.39. The first-order valence-corrected chi connectivity index (χ1v) is 7.81. The van der Waals surface area contributed by atoms with Crippen LogP contribution in [-0.2, 0) is 9.59 Å². The molecule has 24 heavy (non-hydrogen) atoms. The summed E-state index contributed by atoms with van der Waals surface area (Å²) in [5.74, 6) is -6.72. The molecule has 0 bridgehead atoms.